The fourth-order valence-electron chi connectivity index (χ4n) is 2.69. The van der Waals surface area contributed by atoms with E-state index in [0.717, 1.165) is 6.42 Å². The van der Waals surface area contributed by atoms with Gasteiger partial charge in [0.15, 0.2) is 0 Å². The van der Waals surface area contributed by atoms with Crippen molar-refractivity contribution in [3.05, 3.63) is 29.3 Å². The van der Waals surface area contributed by atoms with Crippen molar-refractivity contribution in [3.63, 3.8) is 0 Å². The number of amides is 2. The third-order valence-corrected chi connectivity index (χ3v) is 4.22. The summed E-state index contributed by atoms with van der Waals surface area (Å²) in [6.45, 7) is 0.555. The van der Waals surface area contributed by atoms with Gasteiger partial charge in [-0.1, -0.05) is 55.8 Å². The number of carbonyl (C=O) groups excluding carboxylic acids is 2. The van der Waals surface area contributed by atoms with Crippen molar-refractivity contribution in [2.75, 3.05) is 11.9 Å². The van der Waals surface area contributed by atoms with Gasteiger partial charge in [0.05, 0.1) is 10.7 Å². The molecule has 1 aromatic rings. The number of carbonyl (C=O) groups is 2. The van der Waals surface area contributed by atoms with Gasteiger partial charge in [0.2, 0.25) is 0 Å². The maximum absolute atomic E-state index is 11.8. The minimum absolute atomic E-state index is 0.417. The average Bonchev–Trinajstić information content (AvgIpc) is 2.50. The maximum atomic E-state index is 11.8. The van der Waals surface area contributed by atoms with Crippen molar-refractivity contribution in [2.45, 2.75) is 38.5 Å². The first kappa shape index (κ1) is 15.8. The quantitative estimate of drug-likeness (QED) is 0.838. The Hall–Kier alpha value is -1.55. The molecule has 0 aromatic heterocycles. The Morgan fingerprint density at radius 3 is 2.52 bits per heavy atom. The molecule has 2 N–H and O–H groups in total. The zero-order valence-electron chi connectivity index (χ0n) is 12.0. The number of para-hydroxylation sites is 1. The number of benzene rings is 1. The molecule has 4 nitrogen and oxygen atoms in total. The lowest BCUT2D eigenvalue weighted by Crippen LogP contribution is -2.36. The Labute approximate surface area is 130 Å². The highest BCUT2D eigenvalue weighted by atomic mass is 35.5. The molecule has 1 aliphatic carbocycles. The van der Waals surface area contributed by atoms with Gasteiger partial charge in [-0.05, 0) is 24.5 Å². The lowest BCUT2D eigenvalue weighted by Gasteiger charge is -2.21. The van der Waals surface area contributed by atoms with E-state index in [1.807, 2.05) is 0 Å². The van der Waals surface area contributed by atoms with Crippen LogP contribution in [0.5, 0.6) is 0 Å². The van der Waals surface area contributed by atoms with E-state index in [1.54, 1.807) is 24.3 Å². The molecule has 1 fully saturated rings. The lowest BCUT2D eigenvalue weighted by molar-refractivity contribution is -0.136. The fraction of sp³-hybridized carbons (Fsp3) is 0.500. The van der Waals surface area contributed by atoms with Crippen LogP contribution >= 0.6 is 11.6 Å². The monoisotopic (exact) mass is 308 g/mol. The lowest BCUT2D eigenvalue weighted by atomic mass is 9.87. The van der Waals surface area contributed by atoms with Gasteiger partial charge >= 0.3 is 11.8 Å². The molecule has 0 spiro atoms. The highest BCUT2D eigenvalue weighted by Gasteiger charge is 2.16. The molecular weight excluding hydrogens is 288 g/mol. The van der Waals surface area contributed by atoms with Gasteiger partial charge in [0.25, 0.3) is 0 Å². The summed E-state index contributed by atoms with van der Waals surface area (Å²) >= 11 is 5.93. The molecule has 114 valence electrons. The van der Waals surface area contributed by atoms with Crippen LogP contribution < -0.4 is 10.6 Å². The van der Waals surface area contributed by atoms with Crippen LogP contribution in [0.2, 0.25) is 5.02 Å². The minimum Gasteiger partial charge on any atom is -0.348 e. The summed E-state index contributed by atoms with van der Waals surface area (Å²) in [4.78, 5) is 23.5. The van der Waals surface area contributed by atoms with Crippen molar-refractivity contribution in [1.29, 1.82) is 0 Å². The molecule has 0 unspecified atom stereocenters. The maximum Gasteiger partial charge on any atom is 0.313 e. The first-order valence-electron chi connectivity index (χ1n) is 7.50. The number of rotatable bonds is 4. The van der Waals surface area contributed by atoms with Gasteiger partial charge < -0.3 is 10.6 Å². The van der Waals surface area contributed by atoms with Gasteiger partial charge in [-0.15, -0.1) is 0 Å². The summed E-state index contributed by atoms with van der Waals surface area (Å²) < 4.78 is 0. The van der Waals surface area contributed by atoms with Crippen molar-refractivity contribution in [1.82, 2.24) is 5.32 Å². The van der Waals surface area contributed by atoms with E-state index in [9.17, 15) is 9.59 Å². The fourth-order valence-corrected chi connectivity index (χ4v) is 2.87. The summed E-state index contributed by atoms with van der Waals surface area (Å²) in [6.07, 6.45) is 7.31. The molecule has 21 heavy (non-hydrogen) atoms. The average molecular weight is 309 g/mol. The number of nitrogens with one attached hydrogen (secondary N) is 2. The Morgan fingerprint density at radius 1 is 1.10 bits per heavy atom. The summed E-state index contributed by atoms with van der Waals surface area (Å²) in [5, 5.41) is 5.61. The molecule has 5 heteroatoms. The van der Waals surface area contributed by atoms with Crippen LogP contribution in [-0.2, 0) is 9.59 Å². The summed E-state index contributed by atoms with van der Waals surface area (Å²) in [5.41, 5.74) is 0.451. The van der Waals surface area contributed by atoms with E-state index in [2.05, 4.69) is 10.6 Å². The Bertz CT molecular complexity index is 499. The highest BCUT2D eigenvalue weighted by Crippen LogP contribution is 2.25. The molecule has 0 atom stereocenters. The van der Waals surface area contributed by atoms with Crippen molar-refractivity contribution in [3.8, 4) is 0 Å². The zero-order chi connectivity index (χ0) is 15.1. The van der Waals surface area contributed by atoms with Crippen LogP contribution in [0.25, 0.3) is 0 Å². The SMILES string of the molecule is O=C(NCCC1CCCCC1)C(=O)Nc1ccccc1Cl. The number of halogens is 1. The summed E-state index contributed by atoms with van der Waals surface area (Å²) in [5.74, 6) is -0.594. The van der Waals surface area contributed by atoms with E-state index in [-0.39, 0.29) is 0 Å². The van der Waals surface area contributed by atoms with E-state index < -0.39 is 11.8 Å². The van der Waals surface area contributed by atoms with Gasteiger partial charge in [-0.2, -0.15) is 0 Å². The molecule has 1 aliphatic rings. The molecule has 2 rings (SSSR count). The van der Waals surface area contributed by atoms with Crippen LogP contribution in [0.4, 0.5) is 5.69 Å². The number of hydrogen-bond donors (Lipinski definition) is 2. The van der Waals surface area contributed by atoms with E-state index in [1.165, 1.54) is 32.1 Å². The molecule has 0 bridgehead atoms. The molecule has 0 radical (unpaired) electrons. The second kappa shape index (κ2) is 8.03. The highest BCUT2D eigenvalue weighted by molar-refractivity contribution is 6.41. The predicted octanol–water partition coefficient (Wildman–Crippen LogP) is 3.37. The zero-order valence-corrected chi connectivity index (χ0v) is 12.8. The molecule has 1 aromatic carbocycles. The van der Waals surface area contributed by atoms with E-state index in [4.69, 9.17) is 11.6 Å². The molecule has 0 aliphatic heterocycles. The number of anilines is 1. The van der Waals surface area contributed by atoms with E-state index in [0.29, 0.717) is 23.2 Å². The molecule has 1 saturated carbocycles. The topological polar surface area (TPSA) is 58.2 Å². The predicted molar refractivity (Wildman–Crippen MR) is 84.3 cm³/mol. The normalized spacial score (nSPS) is 15.5. The Balaban J connectivity index is 1.72. The largest absolute Gasteiger partial charge is 0.348 e. The van der Waals surface area contributed by atoms with Crippen molar-refractivity contribution >= 4 is 29.1 Å². The third kappa shape index (κ3) is 5.05. The molecule has 2 amide bonds. The van der Waals surface area contributed by atoms with Crippen LogP contribution in [0.15, 0.2) is 24.3 Å². The summed E-state index contributed by atoms with van der Waals surface area (Å²) in [6, 6.07) is 6.85. The van der Waals surface area contributed by atoms with Crippen LogP contribution in [-0.4, -0.2) is 18.4 Å². The van der Waals surface area contributed by atoms with Crippen LogP contribution in [0, 0.1) is 5.92 Å². The minimum atomic E-state index is -0.674. The summed E-state index contributed by atoms with van der Waals surface area (Å²) in [7, 11) is 0. The van der Waals surface area contributed by atoms with Gasteiger partial charge in [-0.25, -0.2) is 0 Å². The Morgan fingerprint density at radius 2 is 1.81 bits per heavy atom. The van der Waals surface area contributed by atoms with E-state index >= 15 is 0 Å². The standard InChI is InChI=1S/C16H21ClN2O2/c17-13-8-4-5-9-14(13)19-16(21)15(20)18-11-10-12-6-2-1-3-7-12/h4-5,8-9,12H,1-3,6-7,10-11H2,(H,18,20)(H,19,21). The smallest absolute Gasteiger partial charge is 0.313 e. The molecule has 0 saturated heterocycles. The van der Waals surface area contributed by atoms with Crippen molar-refractivity contribution < 1.29 is 9.59 Å². The number of hydrogen-bond acceptors (Lipinski definition) is 2. The van der Waals surface area contributed by atoms with Crippen LogP contribution in [0.1, 0.15) is 38.5 Å². The molecule has 0 heterocycles. The van der Waals surface area contributed by atoms with Gasteiger partial charge in [0, 0.05) is 6.54 Å². The van der Waals surface area contributed by atoms with Crippen LogP contribution in [0.3, 0.4) is 0 Å². The Kier molecular flexibility index (Phi) is 6.05. The second-order valence-corrected chi connectivity index (χ2v) is 5.89. The van der Waals surface area contributed by atoms with Gasteiger partial charge in [-0.3, -0.25) is 9.59 Å². The first-order chi connectivity index (χ1) is 10.2. The van der Waals surface area contributed by atoms with Crippen molar-refractivity contribution in [2.24, 2.45) is 5.92 Å². The molecular formula is C16H21ClN2O2. The second-order valence-electron chi connectivity index (χ2n) is 5.48. The first-order valence-corrected chi connectivity index (χ1v) is 7.88. The third-order valence-electron chi connectivity index (χ3n) is 3.89. The van der Waals surface area contributed by atoms with Gasteiger partial charge in [0.1, 0.15) is 0 Å².